The van der Waals surface area contributed by atoms with Crippen LogP contribution in [0.3, 0.4) is 0 Å². The molecule has 0 unspecified atom stereocenters. The van der Waals surface area contributed by atoms with Gasteiger partial charge in [0, 0.05) is 24.0 Å². The first-order valence-electron chi connectivity index (χ1n) is 6.16. The molecular weight excluding hydrogens is 296 g/mol. The Morgan fingerprint density at radius 1 is 1.35 bits per heavy atom. The molecule has 20 heavy (non-hydrogen) atoms. The van der Waals surface area contributed by atoms with Crippen molar-refractivity contribution in [1.29, 1.82) is 0 Å². The van der Waals surface area contributed by atoms with E-state index >= 15 is 0 Å². The van der Waals surface area contributed by atoms with Crippen molar-refractivity contribution in [3.8, 4) is 5.88 Å². The molecule has 0 fully saturated rings. The lowest BCUT2D eigenvalue weighted by Gasteiger charge is -2.26. The Bertz CT molecular complexity index is 707. The minimum atomic E-state index is -3.49. The van der Waals surface area contributed by atoms with Crippen LogP contribution in [0.5, 0.6) is 5.88 Å². The Balaban J connectivity index is 1.88. The van der Waals surface area contributed by atoms with Gasteiger partial charge in [-0.15, -0.1) is 11.3 Å². The first-order chi connectivity index (χ1) is 9.61. The number of sulfonamides is 1. The summed E-state index contributed by atoms with van der Waals surface area (Å²) in [5, 5.41) is 2.01. The maximum atomic E-state index is 12.6. The van der Waals surface area contributed by atoms with E-state index in [0.717, 1.165) is 12.0 Å². The molecule has 0 aliphatic carbocycles. The van der Waals surface area contributed by atoms with Gasteiger partial charge in [-0.1, -0.05) is 0 Å². The third kappa shape index (κ3) is 2.32. The number of fused-ring (bicyclic) bond motifs is 1. The first kappa shape index (κ1) is 13.5. The molecule has 0 aromatic carbocycles. The highest BCUT2D eigenvalue weighted by Crippen LogP contribution is 2.28. The summed E-state index contributed by atoms with van der Waals surface area (Å²) in [5.41, 5.74) is 1.10. The number of rotatable bonds is 3. The van der Waals surface area contributed by atoms with Crippen molar-refractivity contribution in [2.45, 2.75) is 17.9 Å². The fourth-order valence-corrected chi connectivity index (χ4v) is 4.47. The summed E-state index contributed by atoms with van der Waals surface area (Å²) < 4.78 is 31.6. The van der Waals surface area contributed by atoms with Gasteiger partial charge in [0.15, 0.2) is 0 Å². The Kier molecular flexibility index (Phi) is 3.49. The van der Waals surface area contributed by atoms with Gasteiger partial charge in [-0.05, 0) is 29.5 Å². The molecule has 3 heterocycles. The van der Waals surface area contributed by atoms with E-state index < -0.39 is 10.0 Å². The Morgan fingerprint density at radius 3 is 2.90 bits per heavy atom. The topological polar surface area (TPSA) is 59.5 Å². The molecule has 1 aliphatic heterocycles. The average molecular weight is 310 g/mol. The number of hydrogen-bond acceptors (Lipinski definition) is 5. The third-order valence-electron chi connectivity index (χ3n) is 3.33. The van der Waals surface area contributed by atoms with E-state index in [2.05, 4.69) is 4.98 Å². The molecule has 0 radical (unpaired) electrons. The van der Waals surface area contributed by atoms with E-state index in [1.54, 1.807) is 17.4 Å². The maximum absolute atomic E-state index is 12.6. The molecule has 0 amide bonds. The number of aromatic nitrogens is 1. The van der Waals surface area contributed by atoms with Gasteiger partial charge in [-0.2, -0.15) is 4.31 Å². The zero-order chi connectivity index (χ0) is 14.2. The van der Waals surface area contributed by atoms with Gasteiger partial charge in [0.05, 0.1) is 13.3 Å². The molecule has 2 aromatic heterocycles. The van der Waals surface area contributed by atoms with Gasteiger partial charge >= 0.3 is 0 Å². The normalized spacial score (nSPS) is 15.8. The summed E-state index contributed by atoms with van der Waals surface area (Å²) in [4.78, 5) is 5.45. The second-order valence-electron chi connectivity index (χ2n) is 4.49. The van der Waals surface area contributed by atoms with E-state index in [-0.39, 0.29) is 4.90 Å². The summed E-state index contributed by atoms with van der Waals surface area (Å²) in [6, 6.07) is 5.09. The molecule has 106 valence electrons. The highest BCUT2D eigenvalue weighted by atomic mass is 32.2. The number of hydrogen-bond donors (Lipinski definition) is 0. The molecule has 1 aliphatic rings. The van der Waals surface area contributed by atoms with Crippen molar-refractivity contribution < 1.29 is 13.2 Å². The van der Waals surface area contributed by atoms with Crippen LogP contribution in [0, 0.1) is 0 Å². The first-order valence-corrected chi connectivity index (χ1v) is 8.48. The van der Waals surface area contributed by atoms with Gasteiger partial charge < -0.3 is 4.74 Å². The van der Waals surface area contributed by atoms with Gasteiger partial charge in [0.1, 0.15) is 4.90 Å². The van der Waals surface area contributed by atoms with E-state index in [1.807, 2.05) is 11.4 Å². The average Bonchev–Trinajstić information content (AvgIpc) is 2.94. The minimum absolute atomic E-state index is 0.206. The standard InChI is InChI=1S/C13H14N2O3S2/c1-18-13-3-2-11(8-14-13)20(16,17)15-6-4-12-10(9-15)5-7-19-12/h2-3,5,7-8H,4,6,9H2,1H3. The molecule has 2 aromatic rings. The summed E-state index contributed by atoms with van der Waals surface area (Å²) in [7, 11) is -1.99. The van der Waals surface area contributed by atoms with Crippen molar-refractivity contribution in [2.75, 3.05) is 13.7 Å². The Morgan fingerprint density at radius 2 is 2.20 bits per heavy atom. The van der Waals surface area contributed by atoms with Crippen molar-refractivity contribution in [3.05, 3.63) is 40.2 Å². The minimum Gasteiger partial charge on any atom is -0.481 e. The lowest BCUT2D eigenvalue weighted by molar-refractivity contribution is 0.390. The maximum Gasteiger partial charge on any atom is 0.244 e. The van der Waals surface area contributed by atoms with Gasteiger partial charge in [0.2, 0.25) is 15.9 Å². The van der Waals surface area contributed by atoms with Gasteiger partial charge in [-0.3, -0.25) is 0 Å². The van der Waals surface area contributed by atoms with Crippen LogP contribution in [0.2, 0.25) is 0 Å². The number of pyridine rings is 1. The van der Waals surface area contributed by atoms with Crippen LogP contribution < -0.4 is 4.74 Å². The molecule has 3 rings (SSSR count). The number of nitrogens with zero attached hydrogens (tertiary/aromatic N) is 2. The molecule has 0 N–H and O–H groups in total. The summed E-state index contributed by atoms with van der Waals surface area (Å²) in [6.45, 7) is 0.953. The van der Waals surface area contributed by atoms with Crippen LogP contribution in [0.25, 0.3) is 0 Å². The zero-order valence-corrected chi connectivity index (χ0v) is 12.6. The number of thiophene rings is 1. The predicted molar refractivity (Wildman–Crippen MR) is 76.4 cm³/mol. The smallest absolute Gasteiger partial charge is 0.244 e. The highest BCUT2D eigenvalue weighted by molar-refractivity contribution is 7.89. The predicted octanol–water partition coefficient (Wildman–Crippen LogP) is 1.90. The number of ether oxygens (including phenoxy) is 1. The lowest BCUT2D eigenvalue weighted by atomic mass is 10.1. The van der Waals surface area contributed by atoms with E-state index in [1.165, 1.54) is 28.6 Å². The van der Waals surface area contributed by atoms with Gasteiger partial charge in [0.25, 0.3) is 0 Å². The van der Waals surface area contributed by atoms with Crippen LogP contribution in [0.15, 0.2) is 34.7 Å². The molecule has 7 heteroatoms. The van der Waals surface area contributed by atoms with Gasteiger partial charge in [-0.25, -0.2) is 13.4 Å². The third-order valence-corrected chi connectivity index (χ3v) is 6.18. The molecular formula is C13H14N2O3S2. The van der Waals surface area contributed by atoms with Crippen LogP contribution in [0.1, 0.15) is 10.4 Å². The fourth-order valence-electron chi connectivity index (χ4n) is 2.22. The van der Waals surface area contributed by atoms with Crippen LogP contribution in [-0.2, 0) is 23.0 Å². The molecule has 0 saturated heterocycles. The highest BCUT2D eigenvalue weighted by Gasteiger charge is 2.29. The van der Waals surface area contributed by atoms with E-state index in [4.69, 9.17) is 4.74 Å². The van der Waals surface area contributed by atoms with Crippen molar-refractivity contribution in [2.24, 2.45) is 0 Å². The van der Waals surface area contributed by atoms with Crippen LogP contribution in [-0.4, -0.2) is 31.4 Å². The molecule has 0 saturated carbocycles. The Labute approximate surface area is 121 Å². The monoisotopic (exact) mass is 310 g/mol. The van der Waals surface area contributed by atoms with Crippen LogP contribution in [0.4, 0.5) is 0 Å². The quantitative estimate of drug-likeness (QED) is 0.869. The lowest BCUT2D eigenvalue weighted by Crippen LogP contribution is -2.35. The fraction of sp³-hybridized carbons (Fsp3) is 0.308. The Hall–Kier alpha value is -1.44. The SMILES string of the molecule is COc1ccc(S(=O)(=O)N2CCc3sccc3C2)cn1. The molecule has 5 nitrogen and oxygen atoms in total. The molecule has 0 bridgehead atoms. The summed E-state index contributed by atoms with van der Waals surface area (Å²) in [6.07, 6.45) is 2.12. The van der Waals surface area contributed by atoms with E-state index in [0.29, 0.717) is 19.0 Å². The second-order valence-corrected chi connectivity index (χ2v) is 7.43. The number of methoxy groups -OCH3 is 1. The molecule has 0 atom stereocenters. The largest absolute Gasteiger partial charge is 0.481 e. The van der Waals surface area contributed by atoms with Crippen molar-refractivity contribution in [3.63, 3.8) is 0 Å². The zero-order valence-electron chi connectivity index (χ0n) is 10.9. The van der Waals surface area contributed by atoms with Crippen molar-refractivity contribution >= 4 is 21.4 Å². The second kappa shape index (κ2) is 5.16. The van der Waals surface area contributed by atoms with Crippen LogP contribution >= 0.6 is 11.3 Å². The molecule has 0 spiro atoms. The summed E-state index contributed by atoms with van der Waals surface area (Å²) >= 11 is 1.69. The summed E-state index contributed by atoms with van der Waals surface area (Å²) in [5.74, 6) is 0.405. The van der Waals surface area contributed by atoms with Crippen molar-refractivity contribution in [1.82, 2.24) is 9.29 Å². The van der Waals surface area contributed by atoms with E-state index in [9.17, 15) is 8.42 Å².